The topological polar surface area (TPSA) is 98.7 Å². The molecule has 0 aliphatic carbocycles. The molecule has 0 fully saturated rings. The van der Waals surface area contributed by atoms with Crippen molar-refractivity contribution in [3.8, 4) is 0 Å². The van der Waals surface area contributed by atoms with E-state index in [1.807, 2.05) is 13.8 Å². The average Bonchev–Trinajstić information content (AvgIpc) is 2.66. The van der Waals surface area contributed by atoms with Gasteiger partial charge in [-0.3, -0.25) is 14.6 Å². The molecule has 0 atom stereocenters. The third kappa shape index (κ3) is 3.61. The van der Waals surface area contributed by atoms with Crippen molar-refractivity contribution in [2.24, 2.45) is 0 Å². The molecule has 3 rings (SSSR count). The van der Waals surface area contributed by atoms with E-state index in [0.29, 0.717) is 30.9 Å². The molecule has 0 radical (unpaired) electrons. The lowest BCUT2D eigenvalue weighted by molar-refractivity contribution is 0.0597. The Morgan fingerprint density at radius 1 is 1.33 bits per heavy atom. The van der Waals surface area contributed by atoms with Crippen LogP contribution in [0, 0.1) is 5.41 Å². The van der Waals surface area contributed by atoms with Crippen LogP contribution in [-0.4, -0.2) is 39.7 Å². The minimum absolute atomic E-state index is 0.0320. The van der Waals surface area contributed by atoms with Crippen molar-refractivity contribution in [3.63, 3.8) is 0 Å². The first kappa shape index (κ1) is 18.8. The molecule has 8 nitrogen and oxygen atoms in total. The fourth-order valence-corrected chi connectivity index (χ4v) is 2.91. The van der Waals surface area contributed by atoms with Crippen LogP contribution < -0.4 is 11.0 Å². The summed E-state index contributed by atoms with van der Waals surface area (Å²) in [5.74, 6) is -0.661. The van der Waals surface area contributed by atoms with Crippen LogP contribution in [0.1, 0.15) is 30.6 Å². The quantitative estimate of drug-likeness (QED) is 0.405. The van der Waals surface area contributed by atoms with Crippen molar-refractivity contribution in [2.75, 3.05) is 13.7 Å². The Morgan fingerprint density at radius 2 is 2.11 bits per heavy atom. The SMILES string of the molecule is COC(=O)c1cc2c(=O)n3ccccc3nc2n(CCCOC(C)C)c1=N. The highest BCUT2D eigenvalue weighted by Gasteiger charge is 2.17. The molecule has 3 heterocycles. The highest BCUT2D eigenvalue weighted by Crippen LogP contribution is 2.11. The molecule has 1 N–H and O–H groups in total. The van der Waals surface area contributed by atoms with E-state index in [-0.39, 0.29) is 28.1 Å². The Labute approximate surface area is 155 Å². The second kappa shape index (κ2) is 7.71. The molecule has 3 aromatic rings. The number of aromatic nitrogens is 3. The summed E-state index contributed by atoms with van der Waals surface area (Å²) in [6, 6.07) is 6.64. The molecule has 142 valence electrons. The molecule has 8 heteroatoms. The summed E-state index contributed by atoms with van der Waals surface area (Å²) in [6.45, 7) is 4.79. The normalized spacial score (nSPS) is 11.4. The summed E-state index contributed by atoms with van der Waals surface area (Å²) in [4.78, 5) is 29.6. The zero-order valence-corrected chi connectivity index (χ0v) is 15.6. The van der Waals surface area contributed by atoms with Crippen molar-refractivity contribution in [2.45, 2.75) is 32.9 Å². The van der Waals surface area contributed by atoms with Crippen LogP contribution in [0.5, 0.6) is 0 Å². The number of carbonyl (C=O) groups excluding carboxylic acids is 1. The van der Waals surface area contributed by atoms with Crippen LogP contribution in [0.25, 0.3) is 16.7 Å². The third-order valence-corrected chi connectivity index (χ3v) is 4.20. The lowest BCUT2D eigenvalue weighted by Gasteiger charge is -2.14. The van der Waals surface area contributed by atoms with Gasteiger partial charge in [-0.15, -0.1) is 0 Å². The smallest absolute Gasteiger partial charge is 0.341 e. The van der Waals surface area contributed by atoms with Gasteiger partial charge in [0.1, 0.15) is 22.3 Å². The van der Waals surface area contributed by atoms with Crippen molar-refractivity contribution >= 4 is 22.6 Å². The van der Waals surface area contributed by atoms with Gasteiger partial charge in [-0.1, -0.05) is 6.07 Å². The number of aryl methyl sites for hydroxylation is 1. The third-order valence-electron chi connectivity index (χ3n) is 4.20. The van der Waals surface area contributed by atoms with Gasteiger partial charge in [0.05, 0.1) is 18.6 Å². The van der Waals surface area contributed by atoms with E-state index in [4.69, 9.17) is 14.9 Å². The van der Waals surface area contributed by atoms with Crippen molar-refractivity contribution in [3.05, 3.63) is 51.9 Å². The zero-order chi connectivity index (χ0) is 19.6. The lowest BCUT2D eigenvalue weighted by Crippen LogP contribution is -2.31. The van der Waals surface area contributed by atoms with Gasteiger partial charge in [0, 0.05) is 19.3 Å². The number of methoxy groups -OCH3 is 1. The molecule has 0 bridgehead atoms. The van der Waals surface area contributed by atoms with Gasteiger partial charge in [-0.25, -0.2) is 9.78 Å². The number of hydrogen-bond acceptors (Lipinski definition) is 6. The van der Waals surface area contributed by atoms with E-state index >= 15 is 0 Å². The van der Waals surface area contributed by atoms with Crippen LogP contribution in [0.2, 0.25) is 0 Å². The van der Waals surface area contributed by atoms with Crippen molar-refractivity contribution in [1.29, 1.82) is 5.41 Å². The standard InChI is InChI=1S/C19H22N4O4/c1-12(2)27-10-6-9-23-16(20)13(19(25)26-3)11-14-17(23)21-15-7-4-5-8-22(15)18(14)24/h4-5,7-8,11-12,20H,6,9-10H2,1-3H3. The summed E-state index contributed by atoms with van der Waals surface area (Å²) in [7, 11) is 1.25. The van der Waals surface area contributed by atoms with Crippen LogP contribution in [-0.2, 0) is 16.0 Å². The second-order valence-corrected chi connectivity index (χ2v) is 6.41. The van der Waals surface area contributed by atoms with Gasteiger partial charge in [0.15, 0.2) is 0 Å². The van der Waals surface area contributed by atoms with E-state index in [2.05, 4.69) is 4.98 Å². The number of nitrogens with zero attached hydrogens (tertiary/aromatic N) is 3. The van der Waals surface area contributed by atoms with E-state index in [9.17, 15) is 9.59 Å². The first-order valence-electron chi connectivity index (χ1n) is 8.73. The molecule has 0 saturated heterocycles. The highest BCUT2D eigenvalue weighted by molar-refractivity contribution is 5.93. The molecular formula is C19H22N4O4. The first-order chi connectivity index (χ1) is 12.9. The predicted octanol–water partition coefficient (Wildman–Crippen LogP) is 1.73. The van der Waals surface area contributed by atoms with Crippen LogP contribution >= 0.6 is 0 Å². The number of esters is 1. The first-order valence-corrected chi connectivity index (χ1v) is 8.73. The summed E-state index contributed by atoms with van der Waals surface area (Å²) in [6.07, 6.45) is 2.34. The summed E-state index contributed by atoms with van der Waals surface area (Å²) < 4.78 is 13.3. The number of nitrogens with one attached hydrogen (secondary N) is 1. The van der Waals surface area contributed by atoms with Crippen molar-refractivity contribution in [1.82, 2.24) is 14.0 Å². The minimum atomic E-state index is -0.661. The summed E-state index contributed by atoms with van der Waals surface area (Å²) >= 11 is 0. The van der Waals surface area contributed by atoms with Gasteiger partial charge >= 0.3 is 5.97 Å². The Hall–Kier alpha value is -3.00. The van der Waals surface area contributed by atoms with Gasteiger partial charge in [0.2, 0.25) is 0 Å². The Bertz CT molecular complexity index is 1110. The maximum atomic E-state index is 12.9. The Morgan fingerprint density at radius 3 is 2.81 bits per heavy atom. The lowest BCUT2D eigenvalue weighted by atomic mass is 10.2. The molecule has 0 saturated carbocycles. The number of fused-ring (bicyclic) bond motifs is 2. The maximum Gasteiger partial charge on any atom is 0.341 e. The molecule has 27 heavy (non-hydrogen) atoms. The van der Waals surface area contributed by atoms with Crippen LogP contribution in [0.3, 0.4) is 0 Å². The largest absolute Gasteiger partial charge is 0.465 e. The maximum absolute atomic E-state index is 12.9. The molecule has 0 aromatic carbocycles. The van der Waals surface area contributed by atoms with E-state index < -0.39 is 5.97 Å². The second-order valence-electron chi connectivity index (χ2n) is 6.41. The summed E-state index contributed by atoms with van der Waals surface area (Å²) in [5, 5.41) is 8.70. The van der Waals surface area contributed by atoms with Crippen LogP contribution in [0.15, 0.2) is 35.3 Å². The van der Waals surface area contributed by atoms with E-state index in [1.165, 1.54) is 17.6 Å². The molecule has 0 unspecified atom stereocenters. The molecule has 0 aliphatic rings. The van der Waals surface area contributed by atoms with E-state index in [1.54, 1.807) is 29.0 Å². The van der Waals surface area contributed by atoms with Gasteiger partial charge in [-0.2, -0.15) is 0 Å². The minimum Gasteiger partial charge on any atom is -0.465 e. The summed E-state index contributed by atoms with van der Waals surface area (Å²) in [5.41, 5.74) is 0.546. The van der Waals surface area contributed by atoms with Crippen LogP contribution in [0.4, 0.5) is 0 Å². The zero-order valence-electron chi connectivity index (χ0n) is 15.6. The number of rotatable bonds is 6. The molecule has 0 amide bonds. The van der Waals surface area contributed by atoms with E-state index in [0.717, 1.165) is 0 Å². The number of hydrogen-bond donors (Lipinski definition) is 1. The van der Waals surface area contributed by atoms with Gasteiger partial charge in [-0.05, 0) is 38.5 Å². The molecule has 0 aliphatic heterocycles. The highest BCUT2D eigenvalue weighted by atomic mass is 16.5. The molecule has 3 aromatic heterocycles. The monoisotopic (exact) mass is 370 g/mol. The van der Waals surface area contributed by atoms with Gasteiger partial charge in [0.25, 0.3) is 5.56 Å². The van der Waals surface area contributed by atoms with Gasteiger partial charge < -0.3 is 14.0 Å². The fraction of sp³-hybridized carbons (Fsp3) is 0.368. The molecular weight excluding hydrogens is 348 g/mol. The average molecular weight is 370 g/mol. The number of pyridine rings is 2. The fourth-order valence-electron chi connectivity index (χ4n) is 2.91. The predicted molar refractivity (Wildman–Crippen MR) is 99.9 cm³/mol. The Balaban J connectivity index is 2.22. The number of carbonyl (C=O) groups is 1. The van der Waals surface area contributed by atoms with Crippen molar-refractivity contribution < 1.29 is 14.3 Å². The Kier molecular flexibility index (Phi) is 5.36. The molecule has 0 spiro atoms. The number of ether oxygens (including phenoxy) is 2.